The monoisotopic (exact) mass is 490 g/mol. The zero-order valence-corrected chi connectivity index (χ0v) is 21.7. The first-order chi connectivity index (χ1) is 16.6. The van der Waals surface area contributed by atoms with Crippen molar-refractivity contribution >= 4 is 33.8 Å². The van der Waals surface area contributed by atoms with E-state index in [0.29, 0.717) is 17.4 Å². The molecule has 1 aromatic carbocycles. The lowest BCUT2D eigenvalue weighted by atomic mass is 10.0. The molecule has 3 aromatic heterocycles. The summed E-state index contributed by atoms with van der Waals surface area (Å²) in [6.07, 6.45) is 3.33. The number of anilines is 1. The number of pyridine rings is 1. The molecule has 0 aliphatic carbocycles. The Kier molecular flexibility index (Phi) is 6.98. The van der Waals surface area contributed by atoms with E-state index in [1.165, 1.54) is 20.7 Å². The molecule has 0 bridgehead atoms. The van der Waals surface area contributed by atoms with E-state index in [9.17, 15) is 9.59 Å². The van der Waals surface area contributed by atoms with Crippen LogP contribution in [0.2, 0.25) is 0 Å². The summed E-state index contributed by atoms with van der Waals surface area (Å²) in [4.78, 5) is 41.7. The van der Waals surface area contributed by atoms with Gasteiger partial charge in [-0.25, -0.2) is 9.97 Å². The Morgan fingerprint density at radius 2 is 1.89 bits per heavy atom. The zero-order chi connectivity index (χ0) is 25.3. The summed E-state index contributed by atoms with van der Waals surface area (Å²) in [5.74, 6) is -0.355. The second-order valence-corrected chi connectivity index (χ2v) is 10.3. The maximum absolute atomic E-state index is 13.2. The van der Waals surface area contributed by atoms with E-state index in [0.717, 1.165) is 33.2 Å². The van der Waals surface area contributed by atoms with Crippen molar-refractivity contribution in [3.8, 4) is 11.1 Å². The highest BCUT2D eigenvalue weighted by molar-refractivity contribution is 7.11. The average molecular weight is 491 g/mol. The molecule has 0 fully saturated rings. The molecule has 4 rings (SSSR count). The molecule has 1 atom stereocenters. The smallest absolute Gasteiger partial charge is 0.261 e. The van der Waals surface area contributed by atoms with Crippen molar-refractivity contribution in [2.75, 3.05) is 19.4 Å². The Bertz CT molecular complexity index is 1460. The number of amides is 1. The van der Waals surface area contributed by atoms with Crippen LogP contribution in [0.1, 0.15) is 28.2 Å². The summed E-state index contributed by atoms with van der Waals surface area (Å²) < 4.78 is 1.51. The number of hydrogen-bond donors (Lipinski definition) is 1. The van der Waals surface area contributed by atoms with Gasteiger partial charge in [-0.3, -0.25) is 19.1 Å². The maximum Gasteiger partial charge on any atom is 0.261 e. The second kappa shape index (κ2) is 9.95. The normalized spacial score (nSPS) is 12.1. The molecule has 0 aliphatic heterocycles. The Hall–Kier alpha value is -3.59. The van der Waals surface area contributed by atoms with Crippen LogP contribution in [0.3, 0.4) is 0 Å². The molecule has 3 heterocycles. The predicted octanol–water partition coefficient (Wildman–Crippen LogP) is 4.18. The molecule has 8 nitrogen and oxygen atoms in total. The average Bonchev–Trinajstić information content (AvgIpc) is 3.16. The van der Waals surface area contributed by atoms with E-state index in [1.807, 2.05) is 52.1 Å². The number of benzene rings is 1. The van der Waals surface area contributed by atoms with E-state index in [4.69, 9.17) is 0 Å². The summed E-state index contributed by atoms with van der Waals surface area (Å²) in [5.41, 5.74) is 5.13. The first-order valence-corrected chi connectivity index (χ1v) is 12.3. The van der Waals surface area contributed by atoms with Gasteiger partial charge in [-0.05, 0) is 44.5 Å². The summed E-state index contributed by atoms with van der Waals surface area (Å²) in [6, 6.07) is 7.71. The van der Waals surface area contributed by atoms with Crippen LogP contribution in [-0.2, 0) is 17.9 Å². The first kappa shape index (κ1) is 24.5. The molecule has 182 valence electrons. The minimum absolute atomic E-state index is 0.0276. The molecule has 1 N–H and O–H groups in total. The van der Waals surface area contributed by atoms with Crippen LogP contribution in [0, 0.1) is 26.7 Å². The number of thiazole rings is 1. The Morgan fingerprint density at radius 3 is 2.57 bits per heavy atom. The van der Waals surface area contributed by atoms with Crippen molar-refractivity contribution in [2.24, 2.45) is 5.92 Å². The largest absolute Gasteiger partial charge is 0.379 e. The van der Waals surface area contributed by atoms with Gasteiger partial charge >= 0.3 is 0 Å². The van der Waals surface area contributed by atoms with Crippen molar-refractivity contribution in [1.82, 2.24) is 24.4 Å². The molecule has 0 spiro atoms. The standard InChI is InChI=1S/C26H30N6O2S/c1-15(25(33)31(5)6)13-32-14-29-22-8-7-19(9-21(22)26(32)34)20-10-23(16(2)27-11-20)28-12-24-17(3)30-18(4)35-24/h7-11,14-15,28H,12-13H2,1-6H3. The molecule has 9 heteroatoms. The highest BCUT2D eigenvalue weighted by atomic mass is 32.1. The highest BCUT2D eigenvalue weighted by Gasteiger charge is 2.17. The Labute approximate surface area is 208 Å². The molecule has 1 amide bonds. The molecule has 0 radical (unpaired) electrons. The number of aromatic nitrogens is 4. The van der Waals surface area contributed by atoms with Crippen LogP contribution in [0.25, 0.3) is 22.0 Å². The Morgan fingerprint density at radius 1 is 1.11 bits per heavy atom. The van der Waals surface area contributed by atoms with Gasteiger partial charge in [-0.2, -0.15) is 0 Å². The second-order valence-electron chi connectivity index (χ2n) is 9.02. The summed E-state index contributed by atoms with van der Waals surface area (Å²) in [5, 5.41) is 5.05. The molecule has 35 heavy (non-hydrogen) atoms. The summed E-state index contributed by atoms with van der Waals surface area (Å²) in [7, 11) is 3.43. The fourth-order valence-corrected chi connectivity index (χ4v) is 4.94. The zero-order valence-electron chi connectivity index (χ0n) is 20.9. The van der Waals surface area contributed by atoms with Crippen molar-refractivity contribution in [3.63, 3.8) is 0 Å². The molecule has 4 aromatic rings. The van der Waals surface area contributed by atoms with Crippen LogP contribution in [0.4, 0.5) is 5.69 Å². The quantitative estimate of drug-likeness (QED) is 0.418. The number of aryl methyl sites for hydroxylation is 3. The third-order valence-corrected chi connectivity index (χ3v) is 7.09. The number of carbonyl (C=O) groups excluding carboxylic acids is 1. The van der Waals surface area contributed by atoms with Crippen LogP contribution < -0.4 is 10.9 Å². The minimum atomic E-state index is -0.328. The topological polar surface area (TPSA) is 93.0 Å². The van der Waals surface area contributed by atoms with Gasteiger partial charge < -0.3 is 10.2 Å². The van der Waals surface area contributed by atoms with Crippen molar-refractivity contribution in [3.05, 3.63) is 68.4 Å². The van der Waals surface area contributed by atoms with E-state index < -0.39 is 0 Å². The van der Waals surface area contributed by atoms with E-state index >= 15 is 0 Å². The van der Waals surface area contributed by atoms with E-state index in [-0.39, 0.29) is 23.9 Å². The van der Waals surface area contributed by atoms with Crippen molar-refractivity contribution in [1.29, 1.82) is 0 Å². The number of carbonyl (C=O) groups is 1. The number of nitrogens with one attached hydrogen (secondary N) is 1. The van der Waals surface area contributed by atoms with Gasteiger partial charge in [0.1, 0.15) is 0 Å². The lowest BCUT2D eigenvalue weighted by Gasteiger charge is -2.17. The van der Waals surface area contributed by atoms with E-state index in [2.05, 4.69) is 26.3 Å². The third kappa shape index (κ3) is 5.24. The summed E-state index contributed by atoms with van der Waals surface area (Å²) >= 11 is 1.69. The van der Waals surface area contributed by atoms with Gasteiger partial charge in [0.05, 0.1) is 51.8 Å². The molecular weight excluding hydrogens is 460 g/mol. The molecular formula is C26H30N6O2S. The van der Waals surface area contributed by atoms with Crippen molar-refractivity contribution in [2.45, 2.75) is 40.8 Å². The van der Waals surface area contributed by atoms with Crippen molar-refractivity contribution < 1.29 is 4.79 Å². The van der Waals surface area contributed by atoms with Gasteiger partial charge in [0, 0.05) is 37.3 Å². The lowest BCUT2D eigenvalue weighted by molar-refractivity contribution is -0.132. The van der Waals surface area contributed by atoms with Crippen LogP contribution in [0.5, 0.6) is 0 Å². The highest BCUT2D eigenvalue weighted by Crippen LogP contribution is 2.27. The number of hydrogen-bond acceptors (Lipinski definition) is 7. The maximum atomic E-state index is 13.2. The predicted molar refractivity (Wildman–Crippen MR) is 141 cm³/mol. The number of fused-ring (bicyclic) bond motifs is 1. The number of rotatable bonds is 7. The summed E-state index contributed by atoms with van der Waals surface area (Å²) in [6.45, 7) is 8.78. The van der Waals surface area contributed by atoms with Gasteiger partial charge in [0.2, 0.25) is 5.91 Å². The molecule has 0 saturated heterocycles. The Balaban J connectivity index is 1.63. The van der Waals surface area contributed by atoms with E-state index in [1.54, 1.807) is 25.4 Å². The molecule has 1 unspecified atom stereocenters. The van der Waals surface area contributed by atoms with Crippen LogP contribution >= 0.6 is 11.3 Å². The third-order valence-electron chi connectivity index (χ3n) is 6.02. The first-order valence-electron chi connectivity index (χ1n) is 11.5. The lowest BCUT2D eigenvalue weighted by Crippen LogP contribution is -2.33. The van der Waals surface area contributed by atoms with Crippen LogP contribution in [-0.4, -0.2) is 44.4 Å². The van der Waals surface area contributed by atoms with Gasteiger partial charge in [0.25, 0.3) is 5.56 Å². The van der Waals surface area contributed by atoms with Crippen LogP contribution in [0.15, 0.2) is 41.6 Å². The molecule has 0 saturated carbocycles. The fraction of sp³-hybridized carbons (Fsp3) is 0.346. The van der Waals surface area contributed by atoms with Gasteiger partial charge in [-0.15, -0.1) is 11.3 Å². The number of nitrogens with zero attached hydrogens (tertiary/aromatic N) is 5. The van der Waals surface area contributed by atoms with Gasteiger partial charge in [-0.1, -0.05) is 13.0 Å². The van der Waals surface area contributed by atoms with Gasteiger partial charge in [0.15, 0.2) is 0 Å². The fourth-order valence-electron chi connectivity index (χ4n) is 4.07. The SMILES string of the molecule is Cc1nc(C)c(CNc2cc(-c3ccc4ncn(CC(C)C(=O)N(C)C)c(=O)c4c3)cnc2C)s1. The minimum Gasteiger partial charge on any atom is -0.379 e. The molecule has 0 aliphatic rings.